The zero-order chi connectivity index (χ0) is 12.3. The van der Waals surface area contributed by atoms with Crippen molar-refractivity contribution < 1.29 is 9.47 Å². The van der Waals surface area contributed by atoms with E-state index < -0.39 is 0 Å². The number of nitrogens with two attached hydrogens (primary N) is 1. The first kappa shape index (κ1) is 13.3. The Morgan fingerprint density at radius 2 is 2.00 bits per heavy atom. The van der Waals surface area contributed by atoms with Gasteiger partial charge in [-0.05, 0) is 50.9 Å². The van der Waals surface area contributed by atoms with Crippen LogP contribution in [-0.4, -0.2) is 31.5 Å². The van der Waals surface area contributed by atoms with Crippen LogP contribution in [0.1, 0.15) is 51.9 Å². The van der Waals surface area contributed by atoms with E-state index in [9.17, 15) is 0 Å². The van der Waals surface area contributed by atoms with Crippen LogP contribution in [0.15, 0.2) is 0 Å². The Hall–Kier alpha value is -0.120. The van der Waals surface area contributed by atoms with Gasteiger partial charge in [-0.15, -0.1) is 0 Å². The zero-order valence-corrected chi connectivity index (χ0v) is 11.3. The Kier molecular flexibility index (Phi) is 4.45. The summed E-state index contributed by atoms with van der Waals surface area (Å²) in [4.78, 5) is 0. The van der Waals surface area contributed by atoms with Gasteiger partial charge in [0, 0.05) is 13.7 Å². The molecule has 3 heteroatoms. The second-order valence-corrected chi connectivity index (χ2v) is 6.00. The maximum Gasteiger partial charge on any atom is 0.0810 e. The lowest BCUT2D eigenvalue weighted by Crippen LogP contribution is -2.43. The molecule has 3 nitrogen and oxygen atoms in total. The third-order valence-corrected chi connectivity index (χ3v) is 4.51. The lowest BCUT2D eigenvalue weighted by Gasteiger charge is -2.37. The number of hydrogen-bond acceptors (Lipinski definition) is 3. The Bertz CT molecular complexity index is 246. The van der Waals surface area contributed by atoms with Crippen molar-refractivity contribution in [1.82, 2.24) is 0 Å². The minimum absolute atomic E-state index is 0.0281. The first-order chi connectivity index (χ1) is 8.17. The maximum atomic E-state index is 6.39. The molecule has 2 rings (SSSR count). The molecule has 2 aliphatic carbocycles. The van der Waals surface area contributed by atoms with Gasteiger partial charge in [-0.25, -0.2) is 0 Å². The second-order valence-electron chi connectivity index (χ2n) is 6.00. The van der Waals surface area contributed by atoms with Crippen LogP contribution in [0.3, 0.4) is 0 Å². The van der Waals surface area contributed by atoms with Crippen molar-refractivity contribution in [2.45, 2.75) is 69.7 Å². The molecule has 0 radical (unpaired) electrons. The summed E-state index contributed by atoms with van der Waals surface area (Å²) in [6.07, 6.45) is 8.92. The van der Waals surface area contributed by atoms with Gasteiger partial charge in [-0.3, -0.25) is 0 Å². The SMILES string of the molecule is COC1CCCC(OC2(CN)CCC(C)C2)C1. The predicted molar refractivity (Wildman–Crippen MR) is 68.9 cm³/mol. The van der Waals surface area contributed by atoms with Gasteiger partial charge < -0.3 is 15.2 Å². The van der Waals surface area contributed by atoms with Gasteiger partial charge >= 0.3 is 0 Å². The van der Waals surface area contributed by atoms with E-state index in [2.05, 4.69) is 6.92 Å². The minimum Gasteiger partial charge on any atom is -0.381 e. The van der Waals surface area contributed by atoms with Gasteiger partial charge in [-0.1, -0.05) is 6.92 Å². The average Bonchev–Trinajstić information content (AvgIpc) is 2.72. The van der Waals surface area contributed by atoms with Gasteiger partial charge in [0.2, 0.25) is 0 Å². The third-order valence-electron chi connectivity index (χ3n) is 4.51. The molecule has 0 aromatic heterocycles. The fraction of sp³-hybridized carbons (Fsp3) is 1.00. The Labute approximate surface area is 105 Å². The lowest BCUT2D eigenvalue weighted by molar-refractivity contribution is -0.117. The summed E-state index contributed by atoms with van der Waals surface area (Å²) in [5, 5.41) is 0. The van der Waals surface area contributed by atoms with Gasteiger partial charge in [0.1, 0.15) is 0 Å². The smallest absolute Gasteiger partial charge is 0.0810 e. The standard InChI is InChI=1S/C14H27NO2/c1-11-6-7-14(9-11,10-15)17-13-5-3-4-12(8-13)16-2/h11-13H,3-10,15H2,1-2H3. The molecular formula is C14H27NO2. The number of hydrogen-bond donors (Lipinski definition) is 1. The van der Waals surface area contributed by atoms with E-state index >= 15 is 0 Å². The molecule has 0 heterocycles. The molecule has 0 aromatic carbocycles. The summed E-state index contributed by atoms with van der Waals surface area (Å²) < 4.78 is 11.8. The van der Waals surface area contributed by atoms with Crippen molar-refractivity contribution in [2.75, 3.05) is 13.7 Å². The van der Waals surface area contributed by atoms with Gasteiger partial charge in [0.15, 0.2) is 0 Å². The van der Waals surface area contributed by atoms with Crippen molar-refractivity contribution in [3.63, 3.8) is 0 Å². The highest BCUT2D eigenvalue weighted by molar-refractivity contribution is 4.92. The van der Waals surface area contributed by atoms with Crippen LogP contribution in [-0.2, 0) is 9.47 Å². The molecule has 2 saturated carbocycles. The zero-order valence-electron chi connectivity index (χ0n) is 11.3. The van der Waals surface area contributed by atoms with E-state index in [1.807, 2.05) is 7.11 Å². The summed E-state index contributed by atoms with van der Waals surface area (Å²) in [6, 6.07) is 0. The molecule has 2 N–H and O–H groups in total. The Balaban J connectivity index is 1.90. The van der Waals surface area contributed by atoms with Crippen LogP contribution in [0.2, 0.25) is 0 Å². The third kappa shape index (κ3) is 3.21. The second kappa shape index (κ2) is 5.68. The summed E-state index contributed by atoms with van der Waals surface area (Å²) in [7, 11) is 1.81. The molecule has 0 amide bonds. The van der Waals surface area contributed by atoms with Crippen molar-refractivity contribution in [1.29, 1.82) is 0 Å². The number of rotatable bonds is 4. The molecule has 4 atom stereocenters. The summed E-state index contributed by atoms with van der Waals surface area (Å²) in [6.45, 7) is 2.98. The first-order valence-corrected chi connectivity index (χ1v) is 7.08. The lowest BCUT2D eigenvalue weighted by atomic mass is 9.93. The van der Waals surface area contributed by atoms with E-state index in [0.717, 1.165) is 25.2 Å². The van der Waals surface area contributed by atoms with Crippen LogP contribution in [0.4, 0.5) is 0 Å². The average molecular weight is 241 g/mol. The van der Waals surface area contributed by atoms with E-state index in [4.69, 9.17) is 15.2 Å². The van der Waals surface area contributed by atoms with Crippen molar-refractivity contribution in [3.8, 4) is 0 Å². The van der Waals surface area contributed by atoms with E-state index in [1.165, 1.54) is 25.7 Å². The van der Waals surface area contributed by atoms with Gasteiger partial charge in [0.25, 0.3) is 0 Å². The first-order valence-electron chi connectivity index (χ1n) is 7.08. The quantitative estimate of drug-likeness (QED) is 0.822. The van der Waals surface area contributed by atoms with Crippen LogP contribution in [0.5, 0.6) is 0 Å². The molecule has 0 saturated heterocycles. The van der Waals surface area contributed by atoms with Crippen molar-refractivity contribution in [2.24, 2.45) is 11.7 Å². The normalized spacial score (nSPS) is 42.9. The van der Waals surface area contributed by atoms with E-state index in [-0.39, 0.29) is 5.60 Å². The van der Waals surface area contributed by atoms with Crippen molar-refractivity contribution in [3.05, 3.63) is 0 Å². The number of ether oxygens (including phenoxy) is 2. The summed E-state index contributed by atoms with van der Waals surface area (Å²) in [5.41, 5.74) is 5.93. The highest BCUT2D eigenvalue weighted by Gasteiger charge is 2.40. The predicted octanol–water partition coefficient (Wildman–Crippen LogP) is 2.48. The highest BCUT2D eigenvalue weighted by atomic mass is 16.5. The highest BCUT2D eigenvalue weighted by Crippen LogP contribution is 2.39. The molecule has 2 aliphatic rings. The summed E-state index contributed by atoms with van der Waals surface area (Å²) in [5.74, 6) is 0.764. The molecule has 100 valence electrons. The Morgan fingerprint density at radius 1 is 1.24 bits per heavy atom. The van der Waals surface area contributed by atoms with E-state index in [0.29, 0.717) is 18.8 Å². The largest absolute Gasteiger partial charge is 0.381 e. The molecule has 0 spiro atoms. The fourth-order valence-electron chi connectivity index (χ4n) is 3.47. The molecule has 0 aromatic rings. The Morgan fingerprint density at radius 3 is 2.59 bits per heavy atom. The maximum absolute atomic E-state index is 6.39. The molecule has 4 unspecified atom stereocenters. The topological polar surface area (TPSA) is 44.5 Å². The molecule has 0 bridgehead atoms. The molecule has 0 aliphatic heterocycles. The molecule has 2 fully saturated rings. The van der Waals surface area contributed by atoms with Crippen LogP contribution >= 0.6 is 0 Å². The van der Waals surface area contributed by atoms with Gasteiger partial charge in [-0.2, -0.15) is 0 Å². The summed E-state index contributed by atoms with van der Waals surface area (Å²) >= 11 is 0. The number of methoxy groups -OCH3 is 1. The van der Waals surface area contributed by atoms with Gasteiger partial charge in [0.05, 0.1) is 17.8 Å². The van der Waals surface area contributed by atoms with Crippen LogP contribution < -0.4 is 5.73 Å². The molecular weight excluding hydrogens is 214 g/mol. The fourth-order valence-corrected chi connectivity index (χ4v) is 3.47. The van der Waals surface area contributed by atoms with Crippen LogP contribution in [0.25, 0.3) is 0 Å². The van der Waals surface area contributed by atoms with Crippen molar-refractivity contribution >= 4 is 0 Å². The monoisotopic (exact) mass is 241 g/mol. The molecule has 17 heavy (non-hydrogen) atoms. The van der Waals surface area contributed by atoms with E-state index in [1.54, 1.807) is 0 Å². The van der Waals surface area contributed by atoms with Crippen LogP contribution in [0, 0.1) is 5.92 Å². The minimum atomic E-state index is -0.0281.